The van der Waals surface area contributed by atoms with E-state index in [1.165, 1.54) is 5.56 Å². The van der Waals surface area contributed by atoms with Gasteiger partial charge in [-0.25, -0.2) is 4.99 Å². The highest BCUT2D eigenvalue weighted by molar-refractivity contribution is 6.07. The number of guanidine groups is 1. The van der Waals surface area contributed by atoms with Crippen molar-refractivity contribution < 1.29 is 9.59 Å². The zero-order chi connectivity index (χ0) is 18.5. The lowest BCUT2D eigenvalue weighted by Crippen LogP contribution is -2.51. The van der Waals surface area contributed by atoms with E-state index < -0.39 is 6.04 Å². The van der Waals surface area contributed by atoms with Crippen LogP contribution in [-0.2, 0) is 16.0 Å². The lowest BCUT2D eigenvalue weighted by Gasteiger charge is -2.34. The predicted molar refractivity (Wildman–Crippen MR) is 102 cm³/mol. The van der Waals surface area contributed by atoms with Gasteiger partial charge in [-0.3, -0.25) is 14.9 Å². The molecule has 26 heavy (non-hydrogen) atoms. The molecule has 1 saturated heterocycles. The maximum Gasteiger partial charge on any atom is 0.252 e. The zero-order valence-corrected chi connectivity index (χ0v) is 15.5. The molecule has 0 unspecified atom stereocenters. The molecule has 1 aromatic rings. The van der Waals surface area contributed by atoms with Gasteiger partial charge >= 0.3 is 0 Å². The summed E-state index contributed by atoms with van der Waals surface area (Å²) in [4.78, 5) is 33.3. The van der Waals surface area contributed by atoms with Crippen molar-refractivity contribution in [3.05, 3.63) is 29.8 Å². The Balaban J connectivity index is 1.54. The van der Waals surface area contributed by atoms with E-state index in [1.54, 1.807) is 0 Å². The fourth-order valence-corrected chi connectivity index (χ4v) is 3.22. The first kappa shape index (κ1) is 18.4. The van der Waals surface area contributed by atoms with E-state index in [0.29, 0.717) is 5.96 Å². The number of benzene rings is 1. The third kappa shape index (κ3) is 4.40. The van der Waals surface area contributed by atoms with Gasteiger partial charge in [0.25, 0.3) is 5.91 Å². The number of aliphatic imine (C=N–C) groups is 1. The van der Waals surface area contributed by atoms with E-state index in [9.17, 15) is 9.59 Å². The van der Waals surface area contributed by atoms with Gasteiger partial charge in [-0.15, -0.1) is 0 Å². The number of piperazine rings is 1. The number of nitrogens with zero attached hydrogens (tertiary/aromatic N) is 3. The molecule has 1 fully saturated rings. The molecule has 0 saturated carbocycles. The Labute approximate surface area is 154 Å². The Morgan fingerprint density at radius 3 is 2.50 bits per heavy atom. The molecule has 7 nitrogen and oxygen atoms in total. The molecule has 1 atom stereocenters. The second kappa shape index (κ2) is 8.31. The van der Waals surface area contributed by atoms with Crippen LogP contribution in [0.25, 0.3) is 0 Å². The summed E-state index contributed by atoms with van der Waals surface area (Å²) in [7, 11) is 0. The summed E-state index contributed by atoms with van der Waals surface area (Å²) in [5.74, 6) is 0.209. The second-order valence-corrected chi connectivity index (χ2v) is 6.68. The standard InChI is InChI=1S/C19H27N5O2/c1-3-14-5-7-15(8-6-14)20-17(25)13-16-18(26)22-19(21-16)24-11-9-23(4-2)10-12-24/h5-8,16H,3-4,9-13H2,1-2H3,(H,20,25)(H,21,22,26)/t16-/m1/s1. The molecule has 140 valence electrons. The van der Waals surface area contributed by atoms with E-state index in [4.69, 9.17) is 0 Å². The van der Waals surface area contributed by atoms with Gasteiger partial charge in [0.1, 0.15) is 6.04 Å². The Morgan fingerprint density at radius 2 is 1.88 bits per heavy atom. The van der Waals surface area contributed by atoms with Crippen LogP contribution in [0.5, 0.6) is 0 Å². The van der Waals surface area contributed by atoms with Gasteiger partial charge in [0, 0.05) is 31.9 Å². The maximum atomic E-state index is 12.3. The highest BCUT2D eigenvalue weighted by Crippen LogP contribution is 2.14. The number of carbonyl (C=O) groups is 2. The van der Waals surface area contributed by atoms with Crippen LogP contribution in [0, 0.1) is 0 Å². The summed E-state index contributed by atoms with van der Waals surface area (Å²) in [5, 5.41) is 5.67. The molecule has 0 radical (unpaired) electrons. The van der Waals surface area contributed by atoms with Gasteiger partial charge < -0.3 is 15.1 Å². The summed E-state index contributed by atoms with van der Waals surface area (Å²) in [6, 6.07) is 7.10. The molecule has 2 N–H and O–H groups in total. The first-order valence-electron chi connectivity index (χ1n) is 9.33. The van der Waals surface area contributed by atoms with Gasteiger partial charge in [0.2, 0.25) is 11.9 Å². The Kier molecular flexibility index (Phi) is 5.88. The molecule has 0 aromatic heterocycles. The number of carbonyl (C=O) groups excluding carboxylic acids is 2. The third-order valence-corrected chi connectivity index (χ3v) is 4.96. The molecule has 2 amide bonds. The number of aryl methyl sites for hydroxylation is 1. The van der Waals surface area contributed by atoms with Crippen LogP contribution in [0.3, 0.4) is 0 Å². The van der Waals surface area contributed by atoms with Crippen molar-refractivity contribution >= 4 is 23.5 Å². The molecule has 0 bridgehead atoms. The number of hydrogen-bond acceptors (Lipinski definition) is 5. The summed E-state index contributed by atoms with van der Waals surface area (Å²) >= 11 is 0. The molecule has 2 aliphatic heterocycles. The quantitative estimate of drug-likeness (QED) is 0.826. The Hall–Kier alpha value is -2.41. The first-order valence-corrected chi connectivity index (χ1v) is 9.33. The Bertz CT molecular complexity index is 678. The van der Waals surface area contributed by atoms with Crippen molar-refractivity contribution in [1.29, 1.82) is 0 Å². The zero-order valence-electron chi connectivity index (χ0n) is 15.5. The minimum absolute atomic E-state index is 0.0553. The first-order chi connectivity index (χ1) is 12.6. The van der Waals surface area contributed by atoms with Crippen molar-refractivity contribution in [2.24, 2.45) is 4.99 Å². The normalized spacial score (nSPS) is 20.7. The van der Waals surface area contributed by atoms with Crippen molar-refractivity contribution in [2.45, 2.75) is 32.7 Å². The highest BCUT2D eigenvalue weighted by atomic mass is 16.2. The smallest absolute Gasteiger partial charge is 0.252 e. The van der Waals surface area contributed by atoms with Gasteiger partial charge in [-0.1, -0.05) is 26.0 Å². The predicted octanol–water partition coefficient (Wildman–Crippen LogP) is 1.07. The average Bonchev–Trinajstić information content (AvgIpc) is 3.02. The number of rotatable bonds is 5. The molecular formula is C19H27N5O2. The van der Waals surface area contributed by atoms with Crippen molar-refractivity contribution in [2.75, 3.05) is 38.0 Å². The van der Waals surface area contributed by atoms with Crippen LogP contribution in [0.15, 0.2) is 29.3 Å². The van der Waals surface area contributed by atoms with Crippen LogP contribution in [-0.4, -0.2) is 66.3 Å². The maximum absolute atomic E-state index is 12.3. The van der Waals surface area contributed by atoms with Crippen LogP contribution in [0.4, 0.5) is 5.69 Å². The van der Waals surface area contributed by atoms with Crippen LogP contribution < -0.4 is 10.6 Å². The summed E-state index contributed by atoms with van der Waals surface area (Å²) in [6.45, 7) is 8.88. The lowest BCUT2D eigenvalue weighted by molar-refractivity contribution is -0.124. The average molecular weight is 357 g/mol. The SMILES string of the molecule is CCc1ccc(NC(=O)C[C@H]2N=C(N3CCN(CC)CC3)NC2=O)cc1. The molecule has 2 heterocycles. The fraction of sp³-hybridized carbons (Fsp3) is 0.526. The minimum Gasteiger partial charge on any atom is -0.340 e. The number of hydrogen-bond donors (Lipinski definition) is 2. The molecular weight excluding hydrogens is 330 g/mol. The highest BCUT2D eigenvalue weighted by Gasteiger charge is 2.32. The topological polar surface area (TPSA) is 77.0 Å². The second-order valence-electron chi connectivity index (χ2n) is 6.68. The number of anilines is 1. The van der Waals surface area contributed by atoms with Gasteiger partial charge in [-0.05, 0) is 30.7 Å². The number of nitrogens with one attached hydrogen (secondary N) is 2. The van der Waals surface area contributed by atoms with Crippen molar-refractivity contribution in [3.63, 3.8) is 0 Å². The van der Waals surface area contributed by atoms with E-state index in [-0.39, 0.29) is 18.2 Å². The van der Waals surface area contributed by atoms with Crippen molar-refractivity contribution in [3.8, 4) is 0 Å². The minimum atomic E-state index is -0.649. The lowest BCUT2D eigenvalue weighted by atomic mass is 10.1. The number of likely N-dealkylation sites (N-methyl/N-ethyl adjacent to an activating group) is 1. The molecule has 7 heteroatoms. The molecule has 1 aromatic carbocycles. The van der Waals surface area contributed by atoms with E-state index in [0.717, 1.165) is 44.8 Å². The summed E-state index contributed by atoms with van der Waals surface area (Å²) in [6.07, 6.45) is 1.01. The van der Waals surface area contributed by atoms with Crippen molar-refractivity contribution in [1.82, 2.24) is 15.1 Å². The van der Waals surface area contributed by atoms with E-state index in [1.807, 2.05) is 24.3 Å². The fourth-order valence-electron chi connectivity index (χ4n) is 3.22. The molecule has 2 aliphatic rings. The van der Waals surface area contributed by atoms with Gasteiger partial charge in [0.05, 0.1) is 6.42 Å². The Morgan fingerprint density at radius 1 is 1.19 bits per heavy atom. The third-order valence-electron chi connectivity index (χ3n) is 4.96. The van der Waals surface area contributed by atoms with Gasteiger partial charge in [-0.2, -0.15) is 0 Å². The largest absolute Gasteiger partial charge is 0.340 e. The molecule has 3 rings (SSSR count). The molecule has 0 spiro atoms. The van der Waals surface area contributed by atoms with Crippen LogP contribution in [0.1, 0.15) is 25.8 Å². The summed E-state index contributed by atoms with van der Waals surface area (Å²) < 4.78 is 0. The van der Waals surface area contributed by atoms with Gasteiger partial charge in [0.15, 0.2) is 0 Å². The van der Waals surface area contributed by atoms with E-state index >= 15 is 0 Å². The monoisotopic (exact) mass is 357 g/mol. The molecule has 0 aliphatic carbocycles. The van der Waals surface area contributed by atoms with Crippen LogP contribution >= 0.6 is 0 Å². The van der Waals surface area contributed by atoms with E-state index in [2.05, 4.69) is 39.3 Å². The summed E-state index contributed by atoms with van der Waals surface area (Å²) in [5.41, 5.74) is 1.96. The number of amides is 2. The van der Waals surface area contributed by atoms with Crippen LogP contribution in [0.2, 0.25) is 0 Å².